The van der Waals surface area contributed by atoms with Crippen LogP contribution in [0.5, 0.6) is 0 Å². The number of hydrogen-bond donors (Lipinski definition) is 1. The molecule has 1 unspecified atom stereocenters. The lowest BCUT2D eigenvalue weighted by atomic mass is 10.1. The molecule has 0 amide bonds. The smallest absolute Gasteiger partial charge is 0.324 e. The highest BCUT2D eigenvalue weighted by atomic mass is 19.3. The van der Waals surface area contributed by atoms with Gasteiger partial charge in [0, 0.05) is 10.6 Å². The van der Waals surface area contributed by atoms with E-state index in [4.69, 9.17) is 5.73 Å². The summed E-state index contributed by atoms with van der Waals surface area (Å²) in [5, 5.41) is 0. The second kappa shape index (κ2) is 4.00. The number of nitrogens with two attached hydrogens (primary N) is 1. The van der Waals surface area contributed by atoms with Crippen LogP contribution in [-0.2, 0) is 4.94 Å². The number of carbonyl (C=O) groups is 1. The van der Waals surface area contributed by atoms with E-state index in [9.17, 15) is 9.32 Å². The van der Waals surface area contributed by atoms with Crippen molar-refractivity contribution in [3.63, 3.8) is 0 Å². The number of rotatable bonds is 2. The highest BCUT2D eigenvalue weighted by Crippen LogP contribution is 2.12. The maximum Gasteiger partial charge on any atom is 0.379 e. The van der Waals surface area contributed by atoms with E-state index in [0.29, 0.717) is 0 Å². The molecule has 0 spiro atoms. The number of halogens is 1. The van der Waals surface area contributed by atoms with Gasteiger partial charge >= 0.3 is 5.97 Å². The molecule has 1 aromatic carbocycles. The van der Waals surface area contributed by atoms with Gasteiger partial charge in [0.2, 0.25) is 0 Å². The molecular formula is C9H10FNO2. The quantitative estimate of drug-likeness (QED) is 0.759. The van der Waals surface area contributed by atoms with Crippen LogP contribution in [0.1, 0.15) is 28.9 Å². The van der Waals surface area contributed by atoms with Gasteiger partial charge in [-0.25, -0.2) is 9.74 Å². The molecule has 2 N–H and O–H groups in total. The van der Waals surface area contributed by atoms with Crippen LogP contribution < -0.4 is 5.73 Å². The molecule has 1 rings (SSSR count). The molecule has 1 atom stereocenters. The van der Waals surface area contributed by atoms with Gasteiger partial charge in [0.05, 0.1) is 5.56 Å². The van der Waals surface area contributed by atoms with E-state index in [1.165, 1.54) is 12.1 Å². The fourth-order valence-electron chi connectivity index (χ4n) is 0.993. The zero-order valence-electron chi connectivity index (χ0n) is 7.16. The fraction of sp³-hybridized carbons (Fsp3) is 0.222. The molecule has 0 saturated carbocycles. The average Bonchev–Trinajstić information content (AvgIpc) is 2.17. The molecule has 3 nitrogen and oxygen atoms in total. The zero-order chi connectivity index (χ0) is 9.84. The van der Waals surface area contributed by atoms with E-state index in [2.05, 4.69) is 4.94 Å². The Morgan fingerprint density at radius 3 is 2.85 bits per heavy atom. The molecule has 13 heavy (non-hydrogen) atoms. The van der Waals surface area contributed by atoms with Crippen LogP contribution in [0, 0.1) is 0 Å². The van der Waals surface area contributed by atoms with Crippen LogP contribution in [0.2, 0.25) is 0 Å². The minimum Gasteiger partial charge on any atom is -0.324 e. The summed E-state index contributed by atoms with van der Waals surface area (Å²) in [5.74, 6) is -0.998. The predicted molar refractivity (Wildman–Crippen MR) is 45.6 cm³/mol. The molecule has 0 heterocycles. The Morgan fingerprint density at radius 1 is 1.62 bits per heavy atom. The number of carbonyl (C=O) groups excluding carboxylic acids is 1. The number of benzene rings is 1. The third-order valence-corrected chi connectivity index (χ3v) is 1.72. The van der Waals surface area contributed by atoms with Gasteiger partial charge < -0.3 is 5.73 Å². The van der Waals surface area contributed by atoms with Gasteiger partial charge in [-0.2, -0.15) is 0 Å². The molecule has 0 saturated heterocycles. The summed E-state index contributed by atoms with van der Waals surface area (Å²) in [6.45, 7) is 1.78. The summed E-state index contributed by atoms with van der Waals surface area (Å²) >= 11 is 0. The van der Waals surface area contributed by atoms with Crippen molar-refractivity contribution in [3.8, 4) is 0 Å². The molecule has 0 aliphatic rings. The first-order chi connectivity index (χ1) is 6.15. The van der Waals surface area contributed by atoms with E-state index in [1.54, 1.807) is 19.1 Å². The van der Waals surface area contributed by atoms with E-state index in [-0.39, 0.29) is 11.6 Å². The third kappa shape index (κ3) is 2.26. The Labute approximate surface area is 75.2 Å². The lowest BCUT2D eigenvalue weighted by Gasteiger charge is -2.05. The van der Waals surface area contributed by atoms with Gasteiger partial charge in [-0.15, -0.1) is 0 Å². The van der Waals surface area contributed by atoms with E-state index >= 15 is 0 Å². The van der Waals surface area contributed by atoms with Gasteiger partial charge in [-0.3, -0.25) is 0 Å². The molecule has 4 heteroatoms. The monoisotopic (exact) mass is 183 g/mol. The summed E-state index contributed by atoms with van der Waals surface area (Å²) in [5.41, 5.74) is 6.51. The zero-order valence-corrected chi connectivity index (χ0v) is 7.16. The highest BCUT2D eigenvalue weighted by molar-refractivity contribution is 5.89. The van der Waals surface area contributed by atoms with Crippen LogP contribution in [-0.4, -0.2) is 5.97 Å². The van der Waals surface area contributed by atoms with Gasteiger partial charge in [-0.1, -0.05) is 12.1 Å². The van der Waals surface area contributed by atoms with E-state index in [0.717, 1.165) is 5.56 Å². The van der Waals surface area contributed by atoms with Crippen LogP contribution in [0.3, 0.4) is 0 Å². The topological polar surface area (TPSA) is 52.3 Å². The summed E-state index contributed by atoms with van der Waals surface area (Å²) in [6.07, 6.45) is 0. The van der Waals surface area contributed by atoms with Crippen molar-refractivity contribution in [2.45, 2.75) is 13.0 Å². The Hall–Kier alpha value is -1.42. The first-order valence-electron chi connectivity index (χ1n) is 3.83. The fourth-order valence-corrected chi connectivity index (χ4v) is 0.993. The summed E-state index contributed by atoms with van der Waals surface area (Å²) in [6, 6.07) is 6.18. The summed E-state index contributed by atoms with van der Waals surface area (Å²) < 4.78 is 11.5. The maximum absolute atomic E-state index is 11.5. The molecule has 0 radical (unpaired) electrons. The normalized spacial score (nSPS) is 12.2. The molecule has 0 aromatic heterocycles. The SMILES string of the molecule is CC(N)c1cccc(C(=O)OF)c1. The second-order valence-electron chi connectivity index (χ2n) is 2.78. The molecule has 0 fully saturated rings. The summed E-state index contributed by atoms with van der Waals surface area (Å²) in [4.78, 5) is 13.8. The predicted octanol–water partition coefficient (Wildman–Crippen LogP) is 1.75. The molecule has 70 valence electrons. The summed E-state index contributed by atoms with van der Waals surface area (Å²) in [7, 11) is 0. The number of hydrogen-bond acceptors (Lipinski definition) is 3. The Bertz CT molecular complexity index is 312. The van der Waals surface area contributed by atoms with Gasteiger partial charge in [0.15, 0.2) is 0 Å². The van der Waals surface area contributed by atoms with Crippen molar-refractivity contribution in [2.24, 2.45) is 5.73 Å². The second-order valence-corrected chi connectivity index (χ2v) is 2.78. The first-order valence-corrected chi connectivity index (χ1v) is 3.83. The Kier molecular flexibility index (Phi) is 2.97. The van der Waals surface area contributed by atoms with Crippen molar-refractivity contribution in [1.29, 1.82) is 0 Å². The van der Waals surface area contributed by atoms with Gasteiger partial charge in [0.1, 0.15) is 0 Å². The Morgan fingerprint density at radius 2 is 2.31 bits per heavy atom. The van der Waals surface area contributed by atoms with Crippen LogP contribution in [0.25, 0.3) is 0 Å². The standard InChI is InChI=1S/C9H10FNO2/c1-6(11)7-3-2-4-8(5-7)9(12)13-10/h2-6H,11H2,1H3. The van der Waals surface area contributed by atoms with Crippen molar-refractivity contribution >= 4 is 5.97 Å². The van der Waals surface area contributed by atoms with Crippen molar-refractivity contribution < 1.29 is 14.3 Å². The lowest BCUT2D eigenvalue weighted by Crippen LogP contribution is -2.07. The van der Waals surface area contributed by atoms with E-state index < -0.39 is 5.97 Å². The average molecular weight is 183 g/mol. The molecule has 0 aliphatic carbocycles. The minimum atomic E-state index is -0.998. The van der Waals surface area contributed by atoms with Crippen LogP contribution >= 0.6 is 0 Å². The van der Waals surface area contributed by atoms with Crippen LogP contribution in [0.4, 0.5) is 4.53 Å². The maximum atomic E-state index is 11.5. The van der Waals surface area contributed by atoms with Gasteiger partial charge in [0.25, 0.3) is 0 Å². The highest BCUT2D eigenvalue weighted by Gasteiger charge is 2.09. The molecule has 0 aliphatic heterocycles. The Balaban J connectivity index is 2.98. The molecular weight excluding hydrogens is 173 g/mol. The van der Waals surface area contributed by atoms with E-state index in [1.807, 2.05) is 0 Å². The first kappa shape index (κ1) is 9.67. The molecule has 1 aromatic rings. The lowest BCUT2D eigenvalue weighted by molar-refractivity contribution is -0.0788. The third-order valence-electron chi connectivity index (χ3n) is 1.72. The molecule has 0 bridgehead atoms. The largest absolute Gasteiger partial charge is 0.379 e. The minimum absolute atomic E-state index is 0.164. The van der Waals surface area contributed by atoms with Crippen molar-refractivity contribution in [1.82, 2.24) is 0 Å². The van der Waals surface area contributed by atoms with Crippen LogP contribution in [0.15, 0.2) is 24.3 Å². The van der Waals surface area contributed by atoms with Crippen molar-refractivity contribution in [3.05, 3.63) is 35.4 Å². The van der Waals surface area contributed by atoms with Gasteiger partial charge in [-0.05, 0) is 24.6 Å². The van der Waals surface area contributed by atoms with Crippen molar-refractivity contribution in [2.75, 3.05) is 0 Å².